The van der Waals surface area contributed by atoms with E-state index in [2.05, 4.69) is 15.7 Å². The first-order chi connectivity index (χ1) is 15.1. The second-order valence-corrected chi connectivity index (χ2v) is 6.94. The fraction of sp³-hybridized carbons (Fsp3) is 0.0870. The number of anilines is 1. The summed E-state index contributed by atoms with van der Waals surface area (Å²) in [5.41, 5.74) is 7.39. The topological polar surface area (TPSA) is 127 Å². The van der Waals surface area contributed by atoms with Gasteiger partial charge in [-0.25, -0.2) is 10.8 Å². The third-order valence-electron chi connectivity index (χ3n) is 4.94. The predicted molar refractivity (Wildman–Crippen MR) is 119 cm³/mol. The zero-order valence-electron chi connectivity index (χ0n) is 16.6. The zero-order chi connectivity index (χ0) is 21.8. The molecule has 2 aromatic carbocycles. The molecule has 2 heterocycles. The summed E-state index contributed by atoms with van der Waals surface area (Å²) >= 11 is 0. The summed E-state index contributed by atoms with van der Waals surface area (Å²) < 4.78 is 0.621. The number of hydrogen-bond donors (Lipinski definition) is 4. The number of nitrogens with zero attached hydrogens (tertiary/aromatic N) is 2. The zero-order valence-corrected chi connectivity index (χ0v) is 16.6. The Labute approximate surface area is 178 Å². The molecule has 4 aromatic rings. The van der Waals surface area contributed by atoms with Crippen molar-refractivity contribution in [1.29, 1.82) is 0 Å². The third-order valence-corrected chi connectivity index (χ3v) is 4.94. The molecule has 8 nitrogen and oxygen atoms in total. The van der Waals surface area contributed by atoms with Crippen LogP contribution in [-0.2, 0) is 0 Å². The van der Waals surface area contributed by atoms with Gasteiger partial charge in [0.2, 0.25) is 0 Å². The number of nitrogens with one attached hydrogen (secondary N) is 2. The average molecular weight is 415 g/mol. The summed E-state index contributed by atoms with van der Waals surface area (Å²) in [7, 11) is 0. The summed E-state index contributed by atoms with van der Waals surface area (Å²) in [6.45, 7) is 0.587. The molecule has 0 atom stereocenters. The number of carbonyl (C=O) groups is 1. The number of rotatable bonds is 6. The number of fused-ring (bicyclic) bond motifs is 1. The highest BCUT2D eigenvalue weighted by Gasteiger charge is 2.15. The van der Waals surface area contributed by atoms with Crippen LogP contribution in [0.3, 0.4) is 0 Å². The summed E-state index contributed by atoms with van der Waals surface area (Å²) in [6, 6.07) is 19.0. The molecule has 0 bridgehead atoms. The van der Waals surface area contributed by atoms with Crippen molar-refractivity contribution in [3.8, 4) is 22.4 Å². The maximum absolute atomic E-state index is 12.3. The molecule has 0 spiro atoms. The number of amides is 1. The second kappa shape index (κ2) is 8.78. The van der Waals surface area contributed by atoms with Gasteiger partial charge < -0.3 is 15.6 Å². The molecule has 4 rings (SSSR count). The van der Waals surface area contributed by atoms with Crippen LogP contribution in [0, 0.1) is 5.21 Å². The molecule has 8 heteroatoms. The lowest BCUT2D eigenvalue weighted by Gasteiger charge is -2.10. The summed E-state index contributed by atoms with van der Waals surface area (Å²) in [5, 5.41) is 24.1. The van der Waals surface area contributed by atoms with Gasteiger partial charge in [-0.15, -0.1) is 0 Å². The Hall–Kier alpha value is -4.01. The van der Waals surface area contributed by atoms with Crippen LogP contribution in [0.25, 0.3) is 33.3 Å². The molecule has 31 heavy (non-hydrogen) atoms. The summed E-state index contributed by atoms with van der Waals surface area (Å²) in [5.74, 6) is 4.83. The van der Waals surface area contributed by atoms with Gasteiger partial charge in [0.05, 0.1) is 28.8 Å². The molecule has 0 unspecified atom stereocenters. The monoisotopic (exact) mass is 415 g/mol. The minimum Gasteiger partial charge on any atom is -0.619 e. The van der Waals surface area contributed by atoms with Crippen LogP contribution in [0.4, 0.5) is 5.69 Å². The molecule has 156 valence electrons. The van der Waals surface area contributed by atoms with Gasteiger partial charge in [0.25, 0.3) is 5.91 Å². The molecule has 0 saturated heterocycles. The van der Waals surface area contributed by atoms with Crippen LogP contribution in [0.2, 0.25) is 0 Å². The third kappa shape index (κ3) is 4.30. The van der Waals surface area contributed by atoms with Gasteiger partial charge in [-0.3, -0.25) is 10.2 Å². The fourth-order valence-corrected chi connectivity index (χ4v) is 3.38. The smallest absolute Gasteiger partial charge is 0.266 e. The lowest BCUT2D eigenvalue weighted by molar-refractivity contribution is -0.603. The van der Waals surface area contributed by atoms with Gasteiger partial charge in [0.15, 0.2) is 12.4 Å². The Balaban J connectivity index is 1.67. The molecule has 0 aliphatic rings. The van der Waals surface area contributed by atoms with Crippen LogP contribution in [0.1, 0.15) is 10.4 Å². The number of benzene rings is 2. The van der Waals surface area contributed by atoms with Gasteiger partial charge in [0, 0.05) is 23.9 Å². The molecule has 1 amide bonds. The van der Waals surface area contributed by atoms with Crippen molar-refractivity contribution in [2.45, 2.75) is 0 Å². The molecule has 5 N–H and O–H groups in total. The number of nitrogens with two attached hydrogens (primary N) is 1. The first kappa shape index (κ1) is 20.3. The van der Waals surface area contributed by atoms with Gasteiger partial charge in [-0.2, -0.15) is 4.73 Å². The van der Waals surface area contributed by atoms with Crippen LogP contribution in [0.5, 0.6) is 0 Å². The molecular formula is C23H21N5O3. The Bertz CT molecular complexity index is 1220. The van der Waals surface area contributed by atoms with Crippen molar-refractivity contribution in [2.24, 2.45) is 5.84 Å². The van der Waals surface area contributed by atoms with E-state index in [0.717, 1.165) is 22.4 Å². The number of aliphatic hydroxyl groups is 1. The maximum atomic E-state index is 12.3. The van der Waals surface area contributed by atoms with Crippen molar-refractivity contribution < 1.29 is 14.6 Å². The van der Waals surface area contributed by atoms with E-state index in [4.69, 9.17) is 10.9 Å². The Morgan fingerprint density at radius 3 is 2.32 bits per heavy atom. The van der Waals surface area contributed by atoms with E-state index in [9.17, 15) is 10.0 Å². The summed E-state index contributed by atoms with van der Waals surface area (Å²) in [4.78, 5) is 16.9. The number of aliphatic hydroxyl groups excluding tert-OH is 1. The highest BCUT2D eigenvalue weighted by molar-refractivity contribution is 6.06. The van der Waals surface area contributed by atoms with E-state index >= 15 is 0 Å². The molecule has 0 saturated carbocycles. The number of nitrogen functional groups attached to an aromatic ring is 1. The van der Waals surface area contributed by atoms with Crippen LogP contribution in [-0.4, -0.2) is 29.1 Å². The Morgan fingerprint density at radius 2 is 1.68 bits per heavy atom. The van der Waals surface area contributed by atoms with Crippen molar-refractivity contribution in [3.05, 3.63) is 83.8 Å². The normalized spacial score (nSPS) is 10.8. The number of hydrazine groups is 1. The van der Waals surface area contributed by atoms with E-state index in [0.29, 0.717) is 27.9 Å². The van der Waals surface area contributed by atoms with Gasteiger partial charge in [-0.05, 0) is 29.3 Å². The number of aromatic nitrogens is 2. The van der Waals surface area contributed by atoms with Gasteiger partial charge in [-0.1, -0.05) is 36.4 Å². The first-order valence-electron chi connectivity index (χ1n) is 9.69. The van der Waals surface area contributed by atoms with Crippen LogP contribution < -0.4 is 21.3 Å². The van der Waals surface area contributed by atoms with Crippen molar-refractivity contribution >= 4 is 22.5 Å². The average Bonchev–Trinajstić information content (AvgIpc) is 2.82. The molecule has 0 fully saturated rings. The Kier molecular flexibility index (Phi) is 5.74. The quantitative estimate of drug-likeness (QED) is 0.126. The van der Waals surface area contributed by atoms with E-state index in [1.807, 2.05) is 48.5 Å². The predicted octanol–water partition coefficient (Wildman–Crippen LogP) is 2.21. The van der Waals surface area contributed by atoms with Crippen molar-refractivity contribution in [2.75, 3.05) is 18.5 Å². The largest absolute Gasteiger partial charge is 0.619 e. The first-order valence-corrected chi connectivity index (χ1v) is 9.69. The highest BCUT2D eigenvalue weighted by Crippen LogP contribution is 2.27. The number of carbonyl (C=O) groups excluding carboxylic acids is 1. The number of pyridine rings is 2. The van der Waals surface area contributed by atoms with Crippen LogP contribution in [0.15, 0.2) is 73.1 Å². The van der Waals surface area contributed by atoms with E-state index < -0.39 is 5.91 Å². The van der Waals surface area contributed by atoms with Crippen molar-refractivity contribution in [1.82, 2.24) is 10.4 Å². The second-order valence-electron chi connectivity index (χ2n) is 6.94. The highest BCUT2D eigenvalue weighted by atomic mass is 16.5. The van der Waals surface area contributed by atoms with E-state index in [1.165, 1.54) is 12.4 Å². The summed E-state index contributed by atoms with van der Waals surface area (Å²) in [6.07, 6.45) is 2.64. The Morgan fingerprint density at radius 1 is 1.03 bits per heavy atom. The lowest BCUT2D eigenvalue weighted by Crippen LogP contribution is -2.31. The molecule has 0 aliphatic heterocycles. The molecule has 2 aromatic heterocycles. The van der Waals surface area contributed by atoms with Gasteiger partial charge >= 0.3 is 0 Å². The minimum atomic E-state index is -0.494. The van der Waals surface area contributed by atoms with Crippen LogP contribution >= 0.6 is 0 Å². The molecule has 0 radical (unpaired) electrons. The minimum absolute atomic E-state index is 0.0809. The standard InChI is InChI=1S/C23H21N5O3/c24-27-23(30)19-13-22(26-21-9-11-28(31)14-20(19)21)17-3-1-15(2-4-17)16-5-7-18(8-6-16)25-10-12-29/h1-9,11,13-14,25,29H,10,12,24H2,(H,27,30). The number of hydrogen-bond acceptors (Lipinski definition) is 6. The van der Waals surface area contributed by atoms with E-state index in [1.54, 1.807) is 12.1 Å². The maximum Gasteiger partial charge on any atom is 0.266 e. The molecular weight excluding hydrogens is 394 g/mol. The van der Waals surface area contributed by atoms with Crippen molar-refractivity contribution in [3.63, 3.8) is 0 Å². The fourth-order valence-electron chi connectivity index (χ4n) is 3.38. The van der Waals surface area contributed by atoms with E-state index in [-0.39, 0.29) is 12.2 Å². The van der Waals surface area contributed by atoms with Gasteiger partial charge in [0.1, 0.15) is 0 Å². The molecule has 0 aliphatic carbocycles. The SMILES string of the molecule is NNC(=O)c1cc(-c2ccc(-c3ccc(NCCO)cc3)cc2)nc2cc[n+]([O-])cc12. The lowest BCUT2D eigenvalue weighted by atomic mass is 10.0.